The van der Waals surface area contributed by atoms with Gasteiger partial charge in [0.25, 0.3) is 0 Å². The van der Waals surface area contributed by atoms with E-state index in [9.17, 15) is 9.59 Å². The number of anilines is 1. The summed E-state index contributed by atoms with van der Waals surface area (Å²) >= 11 is 0. The van der Waals surface area contributed by atoms with Crippen LogP contribution in [0.3, 0.4) is 0 Å². The lowest BCUT2D eigenvalue weighted by Crippen LogP contribution is -2.20. The van der Waals surface area contributed by atoms with Crippen molar-refractivity contribution in [2.45, 2.75) is 26.7 Å². The van der Waals surface area contributed by atoms with Crippen LogP contribution in [0.1, 0.15) is 29.5 Å². The van der Waals surface area contributed by atoms with Crippen molar-refractivity contribution in [3.63, 3.8) is 0 Å². The lowest BCUT2D eigenvalue weighted by Gasteiger charge is -2.08. The first-order chi connectivity index (χ1) is 12.5. The van der Waals surface area contributed by atoms with E-state index in [-0.39, 0.29) is 24.7 Å². The van der Waals surface area contributed by atoms with Gasteiger partial charge >= 0.3 is 0 Å². The van der Waals surface area contributed by atoms with Gasteiger partial charge < -0.3 is 10.1 Å². The second kappa shape index (κ2) is 9.36. The fourth-order valence-electron chi connectivity index (χ4n) is 2.35. The van der Waals surface area contributed by atoms with Crippen LogP contribution >= 0.6 is 0 Å². The number of rotatable bonds is 7. The second-order valence-electron chi connectivity index (χ2n) is 5.94. The van der Waals surface area contributed by atoms with Crippen molar-refractivity contribution in [2.75, 3.05) is 12.4 Å². The summed E-state index contributed by atoms with van der Waals surface area (Å²) in [4.78, 5) is 23.8. The summed E-state index contributed by atoms with van der Waals surface area (Å²) in [5, 5.41) is 6.71. The van der Waals surface area contributed by atoms with Crippen LogP contribution in [0.2, 0.25) is 0 Å². The Morgan fingerprint density at radius 2 is 1.85 bits per heavy atom. The first-order valence-electron chi connectivity index (χ1n) is 8.31. The number of carbonyl (C=O) groups is 2. The molecular formula is C20H23N3O3. The molecule has 0 unspecified atom stereocenters. The minimum Gasteiger partial charge on any atom is -0.497 e. The summed E-state index contributed by atoms with van der Waals surface area (Å²) in [5.74, 6) is 0.187. The number of aryl methyl sites for hydroxylation is 2. The highest BCUT2D eigenvalue weighted by Gasteiger charge is 2.08. The lowest BCUT2D eigenvalue weighted by atomic mass is 10.1. The van der Waals surface area contributed by atoms with Gasteiger partial charge in [0.15, 0.2) is 0 Å². The van der Waals surface area contributed by atoms with Gasteiger partial charge in [-0.15, -0.1) is 0 Å². The zero-order chi connectivity index (χ0) is 18.9. The molecule has 0 aliphatic heterocycles. The molecule has 0 aliphatic rings. The van der Waals surface area contributed by atoms with Crippen LogP contribution in [0, 0.1) is 13.8 Å². The number of hydrazone groups is 1. The van der Waals surface area contributed by atoms with Crippen molar-refractivity contribution >= 4 is 23.7 Å². The summed E-state index contributed by atoms with van der Waals surface area (Å²) in [6.45, 7) is 3.93. The maximum Gasteiger partial charge on any atom is 0.240 e. The minimum atomic E-state index is -0.320. The average Bonchev–Trinajstić information content (AvgIpc) is 2.62. The quantitative estimate of drug-likeness (QED) is 0.593. The molecular weight excluding hydrogens is 330 g/mol. The molecule has 2 N–H and O–H groups in total. The van der Waals surface area contributed by atoms with E-state index in [2.05, 4.69) is 15.8 Å². The molecule has 0 saturated heterocycles. The number of nitrogens with zero attached hydrogens (tertiary/aromatic N) is 1. The van der Waals surface area contributed by atoms with Crippen LogP contribution in [0.4, 0.5) is 5.69 Å². The van der Waals surface area contributed by atoms with Crippen LogP contribution in [0.25, 0.3) is 0 Å². The van der Waals surface area contributed by atoms with Crippen molar-refractivity contribution in [3.05, 3.63) is 59.2 Å². The first kappa shape index (κ1) is 19.2. The molecule has 0 saturated carbocycles. The van der Waals surface area contributed by atoms with Gasteiger partial charge in [-0.25, -0.2) is 5.43 Å². The number of hydrogen-bond donors (Lipinski definition) is 2. The van der Waals surface area contributed by atoms with Gasteiger partial charge in [-0.3, -0.25) is 9.59 Å². The van der Waals surface area contributed by atoms with Gasteiger partial charge in [-0.1, -0.05) is 29.8 Å². The number of ether oxygens (including phenoxy) is 1. The molecule has 0 aromatic heterocycles. The van der Waals surface area contributed by atoms with E-state index in [0.717, 1.165) is 22.4 Å². The van der Waals surface area contributed by atoms with Crippen LogP contribution in [-0.2, 0) is 9.59 Å². The SMILES string of the molecule is COc1cccc(/C=N/NC(=O)CCC(=O)Nc2ccc(C)cc2C)c1. The van der Waals surface area contributed by atoms with Gasteiger partial charge in [-0.2, -0.15) is 5.10 Å². The Labute approximate surface area is 153 Å². The molecule has 0 spiro atoms. The third kappa shape index (κ3) is 6.05. The third-order valence-electron chi connectivity index (χ3n) is 3.73. The molecule has 2 aromatic rings. The largest absolute Gasteiger partial charge is 0.497 e. The van der Waals surface area contributed by atoms with Crippen molar-refractivity contribution in [2.24, 2.45) is 5.10 Å². The number of carbonyl (C=O) groups excluding carboxylic acids is 2. The Hall–Kier alpha value is -3.15. The summed E-state index contributed by atoms with van der Waals surface area (Å²) < 4.78 is 5.12. The highest BCUT2D eigenvalue weighted by Crippen LogP contribution is 2.16. The standard InChI is InChI=1S/C20H23N3O3/c1-14-7-8-18(15(2)11-14)22-19(24)9-10-20(25)23-21-13-16-5-4-6-17(12-16)26-3/h4-8,11-13H,9-10H2,1-3H3,(H,22,24)(H,23,25)/b21-13+. The molecule has 26 heavy (non-hydrogen) atoms. The molecule has 2 amide bonds. The Morgan fingerprint density at radius 1 is 1.08 bits per heavy atom. The monoisotopic (exact) mass is 353 g/mol. The topological polar surface area (TPSA) is 79.8 Å². The number of methoxy groups -OCH3 is 1. The third-order valence-corrected chi connectivity index (χ3v) is 3.73. The van der Waals surface area contributed by atoms with E-state index in [1.807, 2.05) is 50.2 Å². The Morgan fingerprint density at radius 3 is 2.58 bits per heavy atom. The predicted octanol–water partition coefficient (Wildman–Crippen LogP) is 3.18. The van der Waals surface area contributed by atoms with Gasteiger partial charge in [-0.05, 0) is 43.2 Å². The van der Waals surface area contributed by atoms with Gasteiger partial charge in [0.2, 0.25) is 11.8 Å². The van der Waals surface area contributed by atoms with E-state index in [1.165, 1.54) is 6.21 Å². The number of nitrogens with one attached hydrogen (secondary N) is 2. The Balaban J connectivity index is 1.77. The molecule has 136 valence electrons. The summed E-state index contributed by atoms with van der Waals surface area (Å²) in [7, 11) is 1.58. The first-order valence-corrected chi connectivity index (χ1v) is 8.31. The van der Waals surface area contributed by atoms with E-state index < -0.39 is 0 Å². The molecule has 6 heteroatoms. The van der Waals surface area contributed by atoms with Gasteiger partial charge in [0.1, 0.15) is 5.75 Å². The fourth-order valence-corrected chi connectivity index (χ4v) is 2.35. The molecule has 0 fully saturated rings. The number of benzene rings is 2. The van der Waals surface area contributed by atoms with E-state index in [4.69, 9.17) is 4.74 Å². The highest BCUT2D eigenvalue weighted by atomic mass is 16.5. The lowest BCUT2D eigenvalue weighted by molar-refractivity contribution is -0.124. The van der Waals surface area contributed by atoms with Crippen molar-refractivity contribution in [1.29, 1.82) is 0 Å². The molecule has 0 atom stereocenters. The van der Waals surface area contributed by atoms with Crippen LogP contribution in [0.15, 0.2) is 47.6 Å². The molecule has 6 nitrogen and oxygen atoms in total. The molecule has 0 heterocycles. The van der Waals surface area contributed by atoms with Crippen LogP contribution < -0.4 is 15.5 Å². The predicted molar refractivity (Wildman–Crippen MR) is 103 cm³/mol. The Kier molecular flexibility index (Phi) is 6.91. The summed E-state index contributed by atoms with van der Waals surface area (Å²) in [6, 6.07) is 13.1. The van der Waals surface area contributed by atoms with E-state index in [1.54, 1.807) is 13.2 Å². The average molecular weight is 353 g/mol. The van der Waals surface area contributed by atoms with Crippen molar-refractivity contribution < 1.29 is 14.3 Å². The van der Waals surface area contributed by atoms with Crippen molar-refractivity contribution in [3.8, 4) is 5.75 Å². The van der Waals surface area contributed by atoms with Gasteiger partial charge in [0.05, 0.1) is 13.3 Å². The number of amides is 2. The second-order valence-corrected chi connectivity index (χ2v) is 5.94. The highest BCUT2D eigenvalue weighted by molar-refractivity contribution is 5.94. The smallest absolute Gasteiger partial charge is 0.240 e. The fraction of sp³-hybridized carbons (Fsp3) is 0.250. The normalized spacial score (nSPS) is 10.6. The molecule has 0 bridgehead atoms. The van der Waals surface area contributed by atoms with Crippen molar-refractivity contribution in [1.82, 2.24) is 5.43 Å². The van der Waals surface area contributed by atoms with Crippen LogP contribution in [-0.4, -0.2) is 25.1 Å². The number of hydrogen-bond acceptors (Lipinski definition) is 4. The maximum absolute atomic E-state index is 12.0. The Bertz CT molecular complexity index is 816. The molecule has 0 radical (unpaired) electrons. The van der Waals surface area contributed by atoms with Gasteiger partial charge in [0, 0.05) is 18.5 Å². The van der Waals surface area contributed by atoms with E-state index in [0.29, 0.717) is 5.75 Å². The molecule has 2 rings (SSSR count). The van der Waals surface area contributed by atoms with Crippen LogP contribution in [0.5, 0.6) is 5.75 Å². The zero-order valence-corrected chi connectivity index (χ0v) is 15.2. The minimum absolute atomic E-state index is 0.0617. The summed E-state index contributed by atoms with van der Waals surface area (Å²) in [6.07, 6.45) is 1.68. The summed E-state index contributed by atoms with van der Waals surface area (Å²) in [5.41, 5.74) is 6.11. The zero-order valence-electron chi connectivity index (χ0n) is 15.2. The molecule has 0 aliphatic carbocycles. The van der Waals surface area contributed by atoms with E-state index >= 15 is 0 Å². The molecule has 2 aromatic carbocycles. The maximum atomic E-state index is 12.0.